The lowest BCUT2D eigenvalue weighted by atomic mass is 9.96. The van der Waals surface area contributed by atoms with Gasteiger partial charge in [0.15, 0.2) is 5.82 Å². The van der Waals surface area contributed by atoms with E-state index >= 15 is 0 Å². The van der Waals surface area contributed by atoms with Crippen molar-refractivity contribution >= 4 is 5.97 Å². The number of esters is 1. The van der Waals surface area contributed by atoms with Crippen LogP contribution in [-0.4, -0.2) is 43.1 Å². The highest BCUT2D eigenvalue weighted by atomic mass is 16.5. The summed E-state index contributed by atoms with van der Waals surface area (Å²) in [6, 6.07) is 15.8. The molecule has 0 amide bonds. The molecule has 9 heteroatoms. The molecule has 0 aliphatic carbocycles. The summed E-state index contributed by atoms with van der Waals surface area (Å²) < 4.78 is 8.79. The minimum absolute atomic E-state index is 0.00760. The van der Waals surface area contributed by atoms with Crippen molar-refractivity contribution in [1.82, 2.24) is 30.0 Å². The molecule has 0 fully saturated rings. The lowest BCUT2D eigenvalue weighted by molar-refractivity contribution is -0.146. The number of aromatic nitrogens is 6. The van der Waals surface area contributed by atoms with Crippen LogP contribution in [0, 0.1) is 0 Å². The van der Waals surface area contributed by atoms with Gasteiger partial charge in [0.25, 0.3) is 5.56 Å². The van der Waals surface area contributed by atoms with E-state index in [1.807, 2.05) is 35.9 Å². The van der Waals surface area contributed by atoms with Crippen LogP contribution in [0.2, 0.25) is 0 Å². The third-order valence-corrected chi connectivity index (χ3v) is 7.03. The summed E-state index contributed by atoms with van der Waals surface area (Å²) in [6.45, 7) is 4.13. The number of rotatable bonds is 7. The number of benzene rings is 2. The molecular formula is C27H30N6O3. The number of methoxy groups -OCH3 is 1. The van der Waals surface area contributed by atoms with Gasteiger partial charge in [0.1, 0.15) is 6.04 Å². The van der Waals surface area contributed by atoms with E-state index in [-0.39, 0.29) is 17.6 Å². The van der Waals surface area contributed by atoms with Crippen LogP contribution in [0.4, 0.5) is 0 Å². The molecule has 36 heavy (non-hydrogen) atoms. The number of fused-ring (bicyclic) bond motifs is 1. The fraction of sp³-hybridized carbons (Fsp3) is 0.370. The van der Waals surface area contributed by atoms with Crippen LogP contribution in [0.3, 0.4) is 0 Å². The van der Waals surface area contributed by atoms with Crippen LogP contribution in [0.1, 0.15) is 62.0 Å². The number of hydrogen-bond acceptors (Lipinski definition) is 6. The Balaban J connectivity index is 1.51. The van der Waals surface area contributed by atoms with E-state index in [2.05, 4.69) is 51.8 Å². The number of carbonyl (C=O) groups is 1. The number of H-pyrrole nitrogens is 1. The van der Waals surface area contributed by atoms with Crippen LogP contribution in [0.25, 0.3) is 22.5 Å². The van der Waals surface area contributed by atoms with Crippen LogP contribution >= 0.6 is 0 Å². The van der Waals surface area contributed by atoms with Gasteiger partial charge in [-0.15, -0.1) is 5.10 Å². The maximum absolute atomic E-state index is 13.6. The number of aromatic amines is 1. The first-order valence-electron chi connectivity index (χ1n) is 12.4. The lowest BCUT2D eigenvalue weighted by Crippen LogP contribution is -2.37. The maximum atomic E-state index is 13.6. The summed E-state index contributed by atoms with van der Waals surface area (Å²) in [5.74, 6) is 0.320. The molecule has 2 unspecified atom stereocenters. The molecule has 186 valence electrons. The van der Waals surface area contributed by atoms with Crippen LogP contribution in [0.5, 0.6) is 0 Å². The Morgan fingerprint density at radius 1 is 1.08 bits per heavy atom. The smallest absolute Gasteiger partial charge is 0.330 e. The number of nitrogens with one attached hydrogen (secondary N) is 1. The van der Waals surface area contributed by atoms with Gasteiger partial charge >= 0.3 is 5.97 Å². The number of nitrogens with zero attached hydrogens (tertiary/aromatic N) is 5. The van der Waals surface area contributed by atoms with Crippen LogP contribution in [-0.2, 0) is 22.4 Å². The first-order chi connectivity index (χ1) is 17.5. The second kappa shape index (κ2) is 9.93. The van der Waals surface area contributed by atoms with Gasteiger partial charge in [0, 0.05) is 23.2 Å². The van der Waals surface area contributed by atoms with Gasteiger partial charge in [-0.1, -0.05) is 61.9 Å². The average Bonchev–Trinajstić information content (AvgIpc) is 3.53. The van der Waals surface area contributed by atoms with Gasteiger partial charge in [-0.05, 0) is 53.3 Å². The summed E-state index contributed by atoms with van der Waals surface area (Å²) in [7, 11) is 1.41. The molecule has 2 aromatic heterocycles. The Morgan fingerprint density at radius 3 is 2.50 bits per heavy atom. The van der Waals surface area contributed by atoms with E-state index in [1.54, 1.807) is 4.68 Å². The van der Waals surface area contributed by atoms with Gasteiger partial charge in [-0.2, -0.15) is 0 Å². The molecule has 2 aromatic carbocycles. The molecule has 1 aliphatic rings. The molecule has 5 rings (SSSR count). The van der Waals surface area contributed by atoms with Crippen LogP contribution in [0.15, 0.2) is 53.3 Å². The standard InChI is InChI=1S/C27H30N6O3/c1-4-7-23-22(26(34)32-17(2)10-15-24(33(23)32)27(35)36-3)16-18-11-13-19(14-12-18)20-8-5-6-9-21(20)25-28-30-31-29-25/h5-6,8-9,11-14,17,24H,4,7,10,15-16H2,1-3H3,(H,28,29,30,31). The van der Waals surface area contributed by atoms with Gasteiger partial charge in [0.05, 0.1) is 13.2 Å². The minimum Gasteiger partial charge on any atom is -0.467 e. The highest BCUT2D eigenvalue weighted by Crippen LogP contribution is 2.33. The highest BCUT2D eigenvalue weighted by Gasteiger charge is 2.35. The summed E-state index contributed by atoms with van der Waals surface area (Å²) >= 11 is 0. The molecule has 0 saturated carbocycles. The van der Waals surface area contributed by atoms with Crippen molar-refractivity contribution in [3.8, 4) is 22.5 Å². The predicted molar refractivity (Wildman–Crippen MR) is 136 cm³/mol. The molecular weight excluding hydrogens is 456 g/mol. The lowest BCUT2D eigenvalue weighted by Gasteiger charge is -2.31. The molecule has 0 spiro atoms. The van der Waals surface area contributed by atoms with Crippen molar-refractivity contribution in [3.05, 3.63) is 75.7 Å². The fourth-order valence-corrected chi connectivity index (χ4v) is 5.28. The zero-order valence-electron chi connectivity index (χ0n) is 20.8. The maximum Gasteiger partial charge on any atom is 0.330 e. The fourth-order valence-electron chi connectivity index (χ4n) is 5.28. The monoisotopic (exact) mass is 486 g/mol. The minimum atomic E-state index is -0.460. The number of ether oxygens (including phenoxy) is 1. The Bertz CT molecular complexity index is 1420. The Labute approximate surface area is 209 Å². The average molecular weight is 487 g/mol. The summed E-state index contributed by atoms with van der Waals surface area (Å²) in [6.07, 6.45) is 3.56. The van der Waals surface area contributed by atoms with Gasteiger partial charge in [-0.25, -0.2) is 14.6 Å². The van der Waals surface area contributed by atoms with E-state index in [9.17, 15) is 9.59 Å². The molecule has 1 N–H and O–H groups in total. The normalized spacial score (nSPS) is 17.1. The van der Waals surface area contributed by atoms with Crippen molar-refractivity contribution in [1.29, 1.82) is 0 Å². The summed E-state index contributed by atoms with van der Waals surface area (Å²) in [4.78, 5) is 26.2. The first kappa shape index (κ1) is 23.7. The zero-order chi connectivity index (χ0) is 25.2. The van der Waals surface area contributed by atoms with E-state index in [4.69, 9.17) is 4.74 Å². The second-order valence-electron chi connectivity index (χ2n) is 9.30. The highest BCUT2D eigenvalue weighted by molar-refractivity contribution is 5.80. The summed E-state index contributed by atoms with van der Waals surface area (Å²) in [5, 5.41) is 14.3. The van der Waals surface area contributed by atoms with E-state index in [1.165, 1.54) is 7.11 Å². The van der Waals surface area contributed by atoms with Gasteiger partial charge in [-0.3, -0.25) is 9.48 Å². The predicted octanol–water partition coefficient (Wildman–Crippen LogP) is 4.11. The molecule has 3 heterocycles. The van der Waals surface area contributed by atoms with Crippen molar-refractivity contribution < 1.29 is 9.53 Å². The zero-order valence-corrected chi connectivity index (χ0v) is 20.8. The van der Waals surface area contributed by atoms with Crippen molar-refractivity contribution in [2.75, 3.05) is 7.11 Å². The topological polar surface area (TPSA) is 108 Å². The van der Waals surface area contributed by atoms with Crippen molar-refractivity contribution in [2.45, 2.75) is 58.0 Å². The van der Waals surface area contributed by atoms with Crippen molar-refractivity contribution in [2.24, 2.45) is 0 Å². The van der Waals surface area contributed by atoms with Gasteiger partial charge in [0.2, 0.25) is 0 Å². The molecule has 0 saturated heterocycles. The largest absolute Gasteiger partial charge is 0.467 e. The first-order valence-corrected chi connectivity index (χ1v) is 12.4. The second-order valence-corrected chi connectivity index (χ2v) is 9.30. The Morgan fingerprint density at radius 2 is 1.83 bits per heavy atom. The summed E-state index contributed by atoms with van der Waals surface area (Å²) in [5.41, 5.74) is 5.71. The van der Waals surface area contributed by atoms with E-state index < -0.39 is 6.04 Å². The number of hydrogen-bond donors (Lipinski definition) is 1. The quantitative estimate of drug-likeness (QED) is 0.394. The number of tetrazole rings is 1. The molecule has 0 bridgehead atoms. The SMILES string of the molecule is CCCc1c(Cc2ccc(-c3ccccc3-c3nnn[nH]3)cc2)c(=O)n2n1C(C(=O)OC)CCC2C. The van der Waals surface area contributed by atoms with Crippen LogP contribution < -0.4 is 5.56 Å². The molecule has 0 radical (unpaired) electrons. The third kappa shape index (κ3) is 4.14. The van der Waals surface area contributed by atoms with Crippen molar-refractivity contribution in [3.63, 3.8) is 0 Å². The Kier molecular flexibility index (Phi) is 6.54. The van der Waals surface area contributed by atoms with Gasteiger partial charge < -0.3 is 4.74 Å². The molecule has 9 nitrogen and oxygen atoms in total. The number of carbonyl (C=O) groups excluding carboxylic acids is 1. The van der Waals surface area contributed by atoms with E-state index in [0.29, 0.717) is 18.7 Å². The molecule has 4 aromatic rings. The third-order valence-electron chi connectivity index (χ3n) is 7.03. The molecule has 1 aliphatic heterocycles. The molecule has 2 atom stereocenters. The Hall–Kier alpha value is -4.01. The van der Waals surface area contributed by atoms with E-state index in [0.717, 1.165) is 52.8 Å².